The van der Waals surface area contributed by atoms with Crippen molar-refractivity contribution in [1.29, 1.82) is 0 Å². The summed E-state index contributed by atoms with van der Waals surface area (Å²) < 4.78 is 50.8. The van der Waals surface area contributed by atoms with Gasteiger partial charge in [0.25, 0.3) is 5.91 Å². The van der Waals surface area contributed by atoms with E-state index in [1.165, 1.54) is 24.3 Å². The second-order valence-corrected chi connectivity index (χ2v) is 13.5. The molecule has 1 spiro atoms. The Morgan fingerprint density at radius 3 is 2.31 bits per heavy atom. The van der Waals surface area contributed by atoms with Gasteiger partial charge in [0, 0.05) is 43.5 Å². The molecule has 1 amide bonds. The summed E-state index contributed by atoms with van der Waals surface area (Å²) in [5.74, 6) is 0.189. The molecule has 8 heteroatoms. The van der Waals surface area contributed by atoms with Crippen LogP contribution in [0.4, 0.5) is 4.39 Å². The van der Waals surface area contributed by atoms with Crippen molar-refractivity contribution in [1.82, 2.24) is 4.90 Å². The fourth-order valence-corrected chi connectivity index (χ4v) is 5.97. The zero-order valence-corrected chi connectivity index (χ0v) is 21.8. The Morgan fingerprint density at radius 1 is 1.11 bits per heavy atom. The molecule has 2 aromatic carbocycles. The van der Waals surface area contributed by atoms with Crippen molar-refractivity contribution in [3.05, 3.63) is 59.4 Å². The Morgan fingerprint density at radius 2 is 1.74 bits per heavy atom. The van der Waals surface area contributed by atoms with Crippen molar-refractivity contribution in [3.63, 3.8) is 0 Å². The number of carbonyl (C=O) groups excluding carboxylic acids is 1. The maximum atomic E-state index is 13.9. The van der Waals surface area contributed by atoms with E-state index in [9.17, 15) is 17.6 Å². The molecular weight excluding hydrogens is 469 g/mol. The maximum absolute atomic E-state index is 13.9. The number of nitrogens with zero attached hydrogens (tertiary/aromatic N) is 1. The minimum atomic E-state index is -3.48. The smallest absolute Gasteiger partial charge is 0.253 e. The third-order valence-corrected chi connectivity index (χ3v) is 9.32. The zero-order chi connectivity index (χ0) is 25.6. The predicted octanol–water partition coefficient (Wildman–Crippen LogP) is 5.32. The molecule has 0 aromatic heterocycles. The van der Waals surface area contributed by atoms with E-state index in [0.29, 0.717) is 43.7 Å². The van der Waals surface area contributed by atoms with E-state index in [0.717, 1.165) is 5.56 Å². The van der Waals surface area contributed by atoms with Gasteiger partial charge < -0.3 is 14.4 Å². The molecule has 6 nitrogen and oxygen atoms in total. The average molecular weight is 504 g/mol. The summed E-state index contributed by atoms with van der Waals surface area (Å²) in [7, 11) is -3.48. The topological polar surface area (TPSA) is 72.9 Å². The van der Waals surface area contributed by atoms with Crippen molar-refractivity contribution >= 4 is 15.7 Å². The standard InChI is InChI=1S/C27H34FNO5S/c1-18(2)33-24-17-27(34-23-11-8-20(28)16-22(23)24)12-14-29(15-13-27)25(30)19-6-9-21(10-7-19)35(31,32)26(3,4)5/h6-11,16,18,24H,12-15,17H2,1-5H3/t24-/m1/s1. The molecule has 4 rings (SSSR count). The number of rotatable bonds is 4. The normalized spacial score (nSPS) is 20.0. The first-order valence-electron chi connectivity index (χ1n) is 12.1. The first kappa shape index (κ1) is 25.6. The molecular formula is C27H34FNO5S. The van der Waals surface area contributed by atoms with Gasteiger partial charge in [-0.25, -0.2) is 12.8 Å². The van der Waals surface area contributed by atoms with Gasteiger partial charge in [-0.3, -0.25) is 4.79 Å². The predicted molar refractivity (Wildman–Crippen MR) is 132 cm³/mol. The third kappa shape index (κ3) is 5.09. The summed E-state index contributed by atoms with van der Waals surface area (Å²) in [6, 6.07) is 10.7. The van der Waals surface area contributed by atoms with E-state index in [2.05, 4.69) is 0 Å². The van der Waals surface area contributed by atoms with Gasteiger partial charge in [0.2, 0.25) is 0 Å². The Kier molecular flexibility index (Phi) is 6.74. The molecule has 0 unspecified atom stereocenters. The molecule has 0 aliphatic carbocycles. The highest BCUT2D eigenvalue weighted by molar-refractivity contribution is 7.92. The van der Waals surface area contributed by atoms with E-state index in [-0.39, 0.29) is 28.8 Å². The number of sulfone groups is 1. The number of fused-ring (bicyclic) bond motifs is 1. The van der Waals surface area contributed by atoms with E-state index < -0.39 is 20.2 Å². The van der Waals surface area contributed by atoms with Crippen LogP contribution in [0.2, 0.25) is 0 Å². The van der Waals surface area contributed by atoms with Crippen LogP contribution in [-0.4, -0.2) is 48.8 Å². The molecule has 1 saturated heterocycles. The zero-order valence-electron chi connectivity index (χ0n) is 21.0. The minimum Gasteiger partial charge on any atom is -0.487 e. The highest BCUT2D eigenvalue weighted by atomic mass is 32.2. The number of piperidine rings is 1. The van der Waals surface area contributed by atoms with Gasteiger partial charge >= 0.3 is 0 Å². The second-order valence-electron chi connectivity index (χ2n) is 10.8. The Labute approximate surface area is 207 Å². The van der Waals surface area contributed by atoms with E-state index in [1.807, 2.05) is 13.8 Å². The van der Waals surface area contributed by atoms with Crippen LogP contribution in [0.25, 0.3) is 0 Å². The highest BCUT2D eigenvalue weighted by Crippen LogP contribution is 2.46. The van der Waals surface area contributed by atoms with Crippen molar-refractivity contribution in [3.8, 4) is 5.75 Å². The monoisotopic (exact) mass is 503 g/mol. The van der Waals surface area contributed by atoms with Gasteiger partial charge in [0.15, 0.2) is 9.84 Å². The molecule has 2 aliphatic rings. The molecule has 1 atom stereocenters. The number of carbonyl (C=O) groups is 1. The van der Waals surface area contributed by atoms with Crippen LogP contribution in [0, 0.1) is 5.82 Å². The minimum absolute atomic E-state index is 0.0157. The molecule has 35 heavy (non-hydrogen) atoms. The van der Waals surface area contributed by atoms with Crippen LogP contribution in [0.15, 0.2) is 47.4 Å². The quantitative estimate of drug-likeness (QED) is 0.565. The molecule has 2 aliphatic heterocycles. The number of likely N-dealkylation sites (tertiary alicyclic amines) is 1. The van der Waals surface area contributed by atoms with Crippen molar-refractivity contribution in [2.75, 3.05) is 13.1 Å². The molecule has 2 aromatic rings. The highest BCUT2D eigenvalue weighted by Gasteiger charge is 2.45. The average Bonchev–Trinajstić information content (AvgIpc) is 2.79. The molecule has 0 saturated carbocycles. The lowest BCUT2D eigenvalue weighted by Crippen LogP contribution is -2.52. The molecule has 190 valence electrons. The summed E-state index contributed by atoms with van der Waals surface area (Å²) in [5.41, 5.74) is 0.708. The number of hydrogen-bond acceptors (Lipinski definition) is 5. The van der Waals surface area contributed by atoms with Crippen molar-refractivity contribution in [2.24, 2.45) is 0 Å². The van der Waals surface area contributed by atoms with E-state index in [4.69, 9.17) is 9.47 Å². The Hall–Kier alpha value is -2.45. The number of halogens is 1. The maximum Gasteiger partial charge on any atom is 0.253 e. The van der Waals surface area contributed by atoms with Gasteiger partial charge in [0.1, 0.15) is 17.2 Å². The molecule has 0 N–H and O–H groups in total. The molecule has 2 heterocycles. The van der Waals surface area contributed by atoms with Crippen LogP contribution in [0.1, 0.15) is 75.9 Å². The van der Waals surface area contributed by atoms with Crippen LogP contribution in [0.3, 0.4) is 0 Å². The van der Waals surface area contributed by atoms with Gasteiger partial charge in [-0.15, -0.1) is 0 Å². The van der Waals surface area contributed by atoms with E-state index in [1.54, 1.807) is 43.9 Å². The van der Waals surface area contributed by atoms with Crippen molar-refractivity contribution < 1.29 is 27.1 Å². The summed E-state index contributed by atoms with van der Waals surface area (Å²) in [6.07, 6.45) is 1.57. The van der Waals surface area contributed by atoms with Crippen LogP contribution < -0.4 is 4.74 Å². The lowest BCUT2D eigenvalue weighted by atomic mass is 9.81. The van der Waals surface area contributed by atoms with Crippen molar-refractivity contribution in [2.45, 2.75) is 81.3 Å². The van der Waals surface area contributed by atoms with Gasteiger partial charge in [-0.2, -0.15) is 0 Å². The van der Waals surface area contributed by atoms with E-state index >= 15 is 0 Å². The number of hydrogen-bond donors (Lipinski definition) is 0. The first-order chi connectivity index (χ1) is 16.3. The first-order valence-corrected chi connectivity index (χ1v) is 13.6. The fourth-order valence-electron chi connectivity index (χ4n) is 4.77. The molecule has 0 radical (unpaired) electrons. The van der Waals surface area contributed by atoms with Crippen LogP contribution in [0.5, 0.6) is 5.75 Å². The van der Waals surface area contributed by atoms with Gasteiger partial charge in [-0.1, -0.05) is 0 Å². The summed E-state index contributed by atoms with van der Waals surface area (Å²) in [4.78, 5) is 15.1. The molecule has 0 bridgehead atoms. The van der Waals surface area contributed by atoms with Gasteiger partial charge in [-0.05, 0) is 77.1 Å². The SMILES string of the molecule is CC(C)O[C@@H]1CC2(CCN(C(=O)c3ccc(S(=O)(=O)C(C)(C)C)cc3)CC2)Oc2ccc(F)cc21. The Balaban J connectivity index is 1.47. The lowest BCUT2D eigenvalue weighted by molar-refractivity contribution is -0.0873. The summed E-state index contributed by atoms with van der Waals surface area (Å²) in [6.45, 7) is 9.90. The number of ether oxygens (including phenoxy) is 2. The van der Waals surface area contributed by atoms with Crippen LogP contribution in [-0.2, 0) is 14.6 Å². The fraction of sp³-hybridized carbons (Fsp3) is 0.519. The third-order valence-electron chi connectivity index (χ3n) is 6.82. The number of amides is 1. The largest absolute Gasteiger partial charge is 0.487 e. The number of benzene rings is 2. The van der Waals surface area contributed by atoms with Gasteiger partial charge in [0.05, 0.1) is 21.9 Å². The summed E-state index contributed by atoms with van der Waals surface area (Å²) in [5, 5.41) is 0. The summed E-state index contributed by atoms with van der Waals surface area (Å²) >= 11 is 0. The van der Waals surface area contributed by atoms with Crippen LogP contribution >= 0.6 is 0 Å². The Bertz CT molecular complexity index is 1190. The lowest BCUT2D eigenvalue weighted by Gasteiger charge is -2.47. The molecule has 1 fully saturated rings. The second kappa shape index (κ2) is 9.21.